The first-order valence-electron chi connectivity index (χ1n) is 7.09. The Bertz CT molecular complexity index is 508. The van der Waals surface area contributed by atoms with Crippen molar-refractivity contribution < 1.29 is 0 Å². The Morgan fingerprint density at radius 3 is 2.32 bits per heavy atom. The summed E-state index contributed by atoms with van der Waals surface area (Å²) in [7, 11) is 0. The van der Waals surface area contributed by atoms with E-state index in [4.69, 9.17) is 12.2 Å². The van der Waals surface area contributed by atoms with E-state index in [1.807, 2.05) is 0 Å². The molecule has 1 N–H and O–H groups in total. The van der Waals surface area contributed by atoms with Gasteiger partial charge >= 0.3 is 0 Å². The van der Waals surface area contributed by atoms with E-state index in [-0.39, 0.29) is 5.41 Å². The van der Waals surface area contributed by atoms with Gasteiger partial charge in [-0.3, -0.25) is 0 Å². The van der Waals surface area contributed by atoms with Crippen LogP contribution in [0.1, 0.15) is 70.8 Å². The molecule has 0 aliphatic heterocycles. The van der Waals surface area contributed by atoms with Crippen LogP contribution in [0, 0.1) is 10.6 Å². The SMILES string of the molecule is CC1CCC(c2nc(=S)c(Br)c(C(C)(C)C)[nH]2)CC1. The topological polar surface area (TPSA) is 28.7 Å². The number of hydrogen-bond donors (Lipinski definition) is 1. The number of hydrogen-bond acceptors (Lipinski definition) is 2. The first-order valence-corrected chi connectivity index (χ1v) is 8.29. The van der Waals surface area contributed by atoms with E-state index in [9.17, 15) is 0 Å². The van der Waals surface area contributed by atoms with E-state index >= 15 is 0 Å². The maximum Gasteiger partial charge on any atom is 0.144 e. The van der Waals surface area contributed by atoms with Gasteiger partial charge in [0.15, 0.2) is 0 Å². The Kier molecular flexibility index (Phi) is 4.51. The standard InChI is InChI=1S/C15H23BrN2S/c1-9-5-7-10(8-6-9)13-17-12(15(2,3)4)11(16)14(19)18-13/h9-10H,5-8H2,1-4H3,(H,17,18,19). The van der Waals surface area contributed by atoms with Crippen LogP contribution in [0.4, 0.5) is 0 Å². The molecule has 0 bridgehead atoms. The number of halogens is 1. The fraction of sp³-hybridized carbons (Fsp3) is 0.733. The zero-order chi connectivity index (χ0) is 14.2. The minimum atomic E-state index is 0.0477. The Balaban J connectivity index is 2.37. The summed E-state index contributed by atoms with van der Waals surface area (Å²) in [6.45, 7) is 8.94. The highest BCUT2D eigenvalue weighted by Crippen LogP contribution is 2.36. The zero-order valence-corrected chi connectivity index (χ0v) is 14.6. The number of nitrogens with one attached hydrogen (secondary N) is 1. The second-order valence-electron chi connectivity index (χ2n) is 6.82. The molecule has 1 saturated carbocycles. The molecule has 1 aliphatic rings. The van der Waals surface area contributed by atoms with Gasteiger partial charge in [0.05, 0.1) is 4.47 Å². The highest BCUT2D eigenvalue weighted by Gasteiger charge is 2.25. The molecule has 0 spiro atoms. The van der Waals surface area contributed by atoms with Crippen molar-refractivity contribution in [2.45, 2.75) is 64.7 Å². The lowest BCUT2D eigenvalue weighted by atomic mass is 9.82. The van der Waals surface area contributed by atoms with E-state index < -0.39 is 0 Å². The number of aromatic amines is 1. The molecule has 0 amide bonds. The van der Waals surface area contributed by atoms with E-state index in [0.717, 1.165) is 16.2 Å². The smallest absolute Gasteiger partial charge is 0.144 e. The third-order valence-corrected chi connectivity index (χ3v) is 5.36. The maximum absolute atomic E-state index is 5.41. The summed E-state index contributed by atoms with van der Waals surface area (Å²) in [4.78, 5) is 8.16. The van der Waals surface area contributed by atoms with Gasteiger partial charge in [-0.25, -0.2) is 4.98 Å². The quantitative estimate of drug-likeness (QED) is 0.683. The van der Waals surface area contributed by atoms with Gasteiger partial charge in [-0.15, -0.1) is 0 Å². The van der Waals surface area contributed by atoms with Crippen LogP contribution in [-0.4, -0.2) is 9.97 Å². The van der Waals surface area contributed by atoms with Crippen LogP contribution in [0.5, 0.6) is 0 Å². The average Bonchev–Trinajstić information content (AvgIpc) is 2.32. The molecule has 1 aromatic heterocycles. The van der Waals surface area contributed by atoms with Crippen LogP contribution in [0.25, 0.3) is 0 Å². The van der Waals surface area contributed by atoms with Gasteiger partial charge in [0.25, 0.3) is 0 Å². The fourth-order valence-electron chi connectivity index (χ4n) is 2.72. The first-order chi connectivity index (χ1) is 8.79. The number of nitrogens with zero attached hydrogens (tertiary/aromatic N) is 1. The van der Waals surface area contributed by atoms with Crippen LogP contribution in [0.2, 0.25) is 0 Å². The van der Waals surface area contributed by atoms with Crippen LogP contribution in [-0.2, 0) is 5.41 Å². The maximum atomic E-state index is 5.41. The average molecular weight is 343 g/mol. The largest absolute Gasteiger partial charge is 0.345 e. The predicted molar refractivity (Wildman–Crippen MR) is 86.2 cm³/mol. The molecule has 0 unspecified atom stereocenters. The lowest BCUT2D eigenvalue weighted by Crippen LogP contribution is -2.20. The normalized spacial score (nSPS) is 24.5. The van der Waals surface area contributed by atoms with Crippen molar-refractivity contribution >= 4 is 28.1 Å². The van der Waals surface area contributed by atoms with Crippen LogP contribution >= 0.6 is 28.1 Å². The van der Waals surface area contributed by atoms with Gasteiger partial charge in [0.1, 0.15) is 10.5 Å². The highest BCUT2D eigenvalue weighted by molar-refractivity contribution is 9.10. The monoisotopic (exact) mass is 342 g/mol. The van der Waals surface area contributed by atoms with Gasteiger partial charge < -0.3 is 4.98 Å². The highest BCUT2D eigenvalue weighted by atomic mass is 79.9. The van der Waals surface area contributed by atoms with E-state index in [0.29, 0.717) is 10.6 Å². The third-order valence-electron chi connectivity index (χ3n) is 4.03. The van der Waals surface area contributed by atoms with Gasteiger partial charge in [0.2, 0.25) is 0 Å². The minimum Gasteiger partial charge on any atom is -0.345 e. The molecule has 2 rings (SSSR count). The lowest BCUT2D eigenvalue weighted by molar-refractivity contribution is 0.338. The summed E-state index contributed by atoms with van der Waals surface area (Å²) in [6, 6.07) is 0. The summed E-state index contributed by atoms with van der Waals surface area (Å²) in [5, 5.41) is 0. The molecule has 0 radical (unpaired) electrons. The van der Waals surface area contributed by atoms with Gasteiger partial charge in [-0.1, -0.05) is 52.8 Å². The fourth-order valence-corrected chi connectivity index (χ4v) is 3.70. The molecular formula is C15H23BrN2S. The number of aromatic nitrogens is 2. The van der Waals surface area contributed by atoms with Crippen molar-refractivity contribution in [3.05, 3.63) is 20.6 Å². The van der Waals surface area contributed by atoms with Gasteiger partial charge in [-0.2, -0.15) is 0 Å². The Morgan fingerprint density at radius 2 is 1.79 bits per heavy atom. The van der Waals surface area contributed by atoms with Crippen LogP contribution < -0.4 is 0 Å². The van der Waals surface area contributed by atoms with E-state index in [1.54, 1.807) is 0 Å². The number of rotatable bonds is 1. The zero-order valence-electron chi connectivity index (χ0n) is 12.2. The van der Waals surface area contributed by atoms with Gasteiger partial charge in [-0.05, 0) is 34.7 Å². The van der Waals surface area contributed by atoms with Crippen molar-refractivity contribution in [1.82, 2.24) is 9.97 Å². The predicted octanol–water partition coefficient (Wildman–Crippen LogP) is 5.49. The lowest BCUT2D eigenvalue weighted by Gasteiger charge is -2.28. The molecule has 0 atom stereocenters. The van der Waals surface area contributed by atoms with Crippen LogP contribution in [0.3, 0.4) is 0 Å². The molecule has 1 aromatic rings. The van der Waals surface area contributed by atoms with Crippen molar-refractivity contribution in [3.63, 3.8) is 0 Å². The van der Waals surface area contributed by atoms with Gasteiger partial charge in [0, 0.05) is 17.0 Å². The molecule has 1 aliphatic carbocycles. The molecule has 4 heteroatoms. The molecule has 19 heavy (non-hydrogen) atoms. The van der Waals surface area contributed by atoms with Crippen molar-refractivity contribution in [3.8, 4) is 0 Å². The first kappa shape index (κ1) is 15.2. The molecule has 1 fully saturated rings. The minimum absolute atomic E-state index is 0.0477. The molecular weight excluding hydrogens is 320 g/mol. The second kappa shape index (κ2) is 5.65. The third kappa shape index (κ3) is 3.46. The second-order valence-corrected chi connectivity index (χ2v) is 8.00. The Labute approximate surface area is 129 Å². The van der Waals surface area contributed by atoms with Crippen molar-refractivity contribution in [2.75, 3.05) is 0 Å². The molecule has 106 valence electrons. The molecule has 1 heterocycles. The Hall–Kier alpha value is -0.220. The van der Waals surface area contributed by atoms with Crippen LogP contribution in [0.15, 0.2) is 4.47 Å². The van der Waals surface area contributed by atoms with E-state index in [2.05, 4.69) is 53.6 Å². The number of H-pyrrole nitrogens is 1. The molecule has 0 saturated heterocycles. The summed E-state index contributed by atoms with van der Waals surface area (Å²) in [6.07, 6.45) is 5.05. The summed E-state index contributed by atoms with van der Waals surface area (Å²) < 4.78 is 1.64. The summed E-state index contributed by atoms with van der Waals surface area (Å²) >= 11 is 9.00. The summed E-state index contributed by atoms with van der Waals surface area (Å²) in [5.74, 6) is 2.49. The summed E-state index contributed by atoms with van der Waals surface area (Å²) in [5.41, 5.74) is 1.22. The molecule has 0 aromatic carbocycles. The van der Waals surface area contributed by atoms with Crippen molar-refractivity contribution in [2.24, 2.45) is 5.92 Å². The molecule has 2 nitrogen and oxygen atoms in total. The van der Waals surface area contributed by atoms with E-state index in [1.165, 1.54) is 31.4 Å². The van der Waals surface area contributed by atoms with Crippen molar-refractivity contribution in [1.29, 1.82) is 0 Å². The Morgan fingerprint density at radius 1 is 1.21 bits per heavy atom.